The molecule has 0 N–H and O–H groups in total. The molecule has 2 saturated carbocycles. The van der Waals surface area contributed by atoms with Gasteiger partial charge in [-0.3, -0.25) is 0 Å². The van der Waals surface area contributed by atoms with E-state index in [9.17, 15) is 0 Å². The molecular weight excluding hydrogens is 254 g/mol. The van der Waals surface area contributed by atoms with Crippen LogP contribution in [0, 0.1) is 5.92 Å². The van der Waals surface area contributed by atoms with E-state index in [-0.39, 0.29) is 5.54 Å². The molecule has 19 heavy (non-hydrogen) atoms. The van der Waals surface area contributed by atoms with Gasteiger partial charge in [0.05, 0.1) is 5.54 Å². The fourth-order valence-corrected chi connectivity index (χ4v) is 4.99. The average Bonchev–Trinajstić information content (AvgIpc) is 2.46. The maximum absolute atomic E-state index is 6.23. The first-order chi connectivity index (χ1) is 9.34. The van der Waals surface area contributed by atoms with Crippen LogP contribution in [-0.4, -0.2) is 22.6 Å². The van der Waals surface area contributed by atoms with Crippen molar-refractivity contribution in [1.29, 1.82) is 0 Å². The summed E-state index contributed by atoms with van der Waals surface area (Å²) in [5, 5.41) is 1.02. The molecule has 2 nitrogen and oxygen atoms in total. The smallest absolute Gasteiger partial charge is 0.246 e. The van der Waals surface area contributed by atoms with E-state index in [1.54, 1.807) is 0 Å². The molecule has 108 valence electrons. The van der Waals surface area contributed by atoms with E-state index in [1.807, 2.05) is 11.8 Å². The first kappa shape index (κ1) is 13.8. The zero-order chi connectivity index (χ0) is 13.1. The van der Waals surface area contributed by atoms with Crippen LogP contribution >= 0.6 is 11.8 Å². The minimum atomic E-state index is 0.262. The van der Waals surface area contributed by atoms with Crippen LogP contribution in [0.5, 0.6) is 0 Å². The summed E-state index contributed by atoms with van der Waals surface area (Å²) in [6.07, 6.45) is 13.8. The molecule has 2 aliphatic carbocycles. The molecule has 0 aromatic rings. The van der Waals surface area contributed by atoms with Gasteiger partial charge < -0.3 is 4.74 Å². The van der Waals surface area contributed by atoms with E-state index in [4.69, 9.17) is 9.73 Å². The summed E-state index contributed by atoms with van der Waals surface area (Å²) >= 11 is 1.85. The van der Waals surface area contributed by atoms with Crippen molar-refractivity contribution in [3.05, 3.63) is 0 Å². The SMILES string of the molecule is CCCSC1=NC2(CCCCC2)[C@H]2CCCC[C@H]2O1. The summed E-state index contributed by atoms with van der Waals surface area (Å²) in [6, 6.07) is 0. The zero-order valence-corrected chi connectivity index (χ0v) is 13.0. The van der Waals surface area contributed by atoms with Crippen molar-refractivity contribution in [2.75, 3.05) is 5.75 Å². The van der Waals surface area contributed by atoms with Gasteiger partial charge >= 0.3 is 0 Å². The lowest BCUT2D eigenvalue weighted by atomic mass is 9.66. The van der Waals surface area contributed by atoms with Gasteiger partial charge in [-0.15, -0.1) is 0 Å². The number of ether oxygens (including phenoxy) is 1. The molecule has 0 bridgehead atoms. The second kappa shape index (κ2) is 6.07. The van der Waals surface area contributed by atoms with Crippen molar-refractivity contribution >= 4 is 17.0 Å². The van der Waals surface area contributed by atoms with Crippen molar-refractivity contribution in [2.24, 2.45) is 10.9 Å². The minimum absolute atomic E-state index is 0.262. The highest BCUT2D eigenvalue weighted by Gasteiger charge is 2.48. The summed E-state index contributed by atoms with van der Waals surface area (Å²) in [6.45, 7) is 2.23. The molecule has 0 unspecified atom stereocenters. The molecule has 1 spiro atoms. The maximum atomic E-state index is 6.23. The Hall–Kier alpha value is -0.180. The summed E-state index contributed by atoms with van der Waals surface area (Å²) < 4.78 is 6.23. The Morgan fingerprint density at radius 2 is 1.95 bits per heavy atom. The Morgan fingerprint density at radius 1 is 1.16 bits per heavy atom. The molecule has 0 amide bonds. The molecule has 1 aliphatic heterocycles. The summed E-state index contributed by atoms with van der Waals surface area (Å²) in [7, 11) is 0. The standard InChI is InChI=1S/C16H27NOS/c1-2-12-19-15-17-16(10-6-3-7-11-16)13-8-4-5-9-14(13)18-15/h13-14H,2-12H2,1H3/t13-,14+/m0/s1. The van der Waals surface area contributed by atoms with Gasteiger partial charge in [-0.05, 0) is 38.5 Å². The summed E-state index contributed by atoms with van der Waals surface area (Å²) in [5.74, 6) is 1.86. The van der Waals surface area contributed by atoms with Crippen molar-refractivity contribution in [3.8, 4) is 0 Å². The Bertz CT molecular complexity index is 336. The fraction of sp³-hybridized carbons (Fsp3) is 0.938. The van der Waals surface area contributed by atoms with Gasteiger partial charge in [0.2, 0.25) is 5.23 Å². The van der Waals surface area contributed by atoms with Gasteiger partial charge in [-0.1, -0.05) is 44.4 Å². The lowest BCUT2D eigenvalue weighted by Crippen LogP contribution is -2.51. The highest BCUT2D eigenvalue weighted by molar-refractivity contribution is 8.13. The number of nitrogens with zero attached hydrogens (tertiary/aromatic N) is 1. The molecule has 3 rings (SSSR count). The third-order valence-electron chi connectivity index (χ3n) is 5.11. The van der Waals surface area contributed by atoms with E-state index in [1.165, 1.54) is 64.2 Å². The number of thioether (sulfide) groups is 1. The lowest BCUT2D eigenvalue weighted by molar-refractivity contribution is 0.00299. The number of hydrogen-bond acceptors (Lipinski definition) is 3. The molecule has 1 heterocycles. The van der Waals surface area contributed by atoms with Crippen molar-refractivity contribution in [2.45, 2.75) is 82.8 Å². The monoisotopic (exact) mass is 281 g/mol. The Balaban J connectivity index is 1.83. The highest BCUT2D eigenvalue weighted by atomic mass is 32.2. The van der Waals surface area contributed by atoms with Gasteiger partial charge in [-0.2, -0.15) is 0 Å². The van der Waals surface area contributed by atoms with E-state index in [2.05, 4.69) is 6.92 Å². The lowest BCUT2D eigenvalue weighted by Gasteiger charge is -2.49. The third kappa shape index (κ3) is 2.81. The second-order valence-corrected chi connectivity index (χ2v) is 7.48. The van der Waals surface area contributed by atoms with Crippen LogP contribution in [0.3, 0.4) is 0 Å². The second-order valence-electron chi connectivity index (χ2n) is 6.44. The topological polar surface area (TPSA) is 21.6 Å². The van der Waals surface area contributed by atoms with Gasteiger partial charge in [0, 0.05) is 11.7 Å². The Labute approximate surface area is 121 Å². The molecule has 3 aliphatic rings. The van der Waals surface area contributed by atoms with Crippen molar-refractivity contribution < 1.29 is 4.74 Å². The Morgan fingerprint density at radius 3 is 2.74 bits per heavy atom. The fourth-order valence-electron chi connectivity index (χ4n) is 4.18. The molecular formula is C16H27NOS. The molecule has 0 aromatic carbocycles. The number of fused-ring (bicyclic) bond motifs is 2. The van der Waals surface area contributed by atoms with E-state index in [0.29, 0.717) is 12.0 Å². The quantitative estimate of drug-likeness (QED) is 0.726. The zero-order valence-electron chi connectivity index (χ0n) is 12.2. The predicted molar refractivity (Wildman–Crippen MR) is 82.8 cm³/mol. The molecule has 0 aromatic heterocycles. The van der Waals surface area contributed by atoms with Gasteiger partial charge in [-0.25, -0.2) is 4.99 Å². The molecule has 0 saturated heterocycles. The van der Waals surface area contributed by atoms with Crippen LogP contribution < -0.4 is 0 Å². The summed E-state index contributed by atoms with van der Waals surface area (Å²) in [5.41, 5.74) is 0.262. The highest BCUT2D eigenvalue weighted by Crippen LogP contribution is 2.48. The van der Waals surface area contributed by atoms with E-state index in [0.717, 1.165) is 11.0 Å². The molecule has 3 heteroatoms. The van der Waals surface area contributed by atoms with Crippen molar-refractivity contribution in [1.82, 2.24) is 0 Å². The van der Waals surface area contributed by atoms with Crippen molar-refractivity contribution in [3.63, 3.8) is 0 Å². The van der Waals surface area contributed by atoms with Gasteiger partial charge in [0.25, 0.3) is 0 Å². The normalized spacial score (nSPS) is 33.4. The van der Waals surface area contributed by atoms with Gasteiger partial charge in [0.15, 0.2) is 0 Å². The third-order valence-corrected chi connectivity index (χ3v) is 6.15. The first-order valence-electron chi connectivity index (χ1n) is 8.23. The average molecular weight is 281 g/mol. The first-order valence-corrected chi connectivity index (χ1v) is 9.22. The molecule has 2 atom stereocenters. The summed E-state index contributed by atoms with van der Waals surface area (Å²) in [4.78, 5) is 5.15. The maximum Gasteiger partial charge on any atom is 0.246 e. The van der Waals surface area contributed by atoms with E-state index < -0.39 is 0 Å². The van der Waals surface area contributed by atoms with Crippen LogP contribution in [0.4, 0.5) is 0 Å². The van der Waals surface area contributed by atoms with Crippen LogP contribution in [0.2, 0.25) is 0 Å². The molecule has 2 fully saturated rings. The molecule has 0 radical (unpaired) electrons. The number of rotatable bonds is 2. The number of aliphatic imine (C=N–C) groups is 1. The van der Waals surface area contributed by atoms with Crippen LogP contribution in [0.1, 0.15) is 71.1 Å². The predicted octanol–water partition coefficient (Wildman–Crippen LogP) is 4.78. The van der Waals surface area contributed by atoms with Crippen LogP contribution in [0.15, 0.2) is 4.99 Å². The minimum Gasteiger partial charge on any atom is -0.469 e. The van der Waals surface area contributed by atoms with Gasteiger partial charge in [0.1, 0.15) is 6.10 Å². The largest absolute Gasteiger partial charge is 0.469 e. The van der Waals surface area contributed by atoms with E-state index >= 15 is 0 Å². The Kier molecular flexibility index (Phi) is 4.40. The number of hydrogen-bond donors (Lipinski definition) is 0. The van der Waals surface area contributed by atoms with Crippen LogP contribution in [0.25, 0.3) is 0 Å². The van der Waals surface area contributed by atoms with Crippen LogP contribution in [-0.2, 0) is 4.74 Å².